The summed E-state index contributed by atoms with van der Waals surface area (Å²) in [6, 6.07) is 12.8. The van der Waals surface area contributed by atoms with Gasteiger partial charge >= 0.3 is 0 Å². The third-order valence-corrected chi connectivity index (χ3v) is 9.13. The molecule has 190 valence electrons. The van der Waals surface area contributed by atoms with Crippen molar-refractivity contribution in [2.75, 3.05) is 18.0 Å². The summed E-state index contributed by atoms with van der Waals surface area (Å²) in [5.74, 6) is 0.102. The van der Waals surface area contributed by atoms with Crippen LogP contribution in [-0.4, -0.2) is 41.3 Å². The maximum absolute atomic E-state index is 13.8. The highest BCUT2D eigenvalue weighted by atomic mass is 35.5. The van der Waals surface area contributed by atoms with Crippen molar-refractivity contribution in [1.29, 1.82) is 5.26 Å². The Morgan fingerprint density at radius 3 is 2.35 bits per heavy atom. The van der Waals surface area contributed by atoms with Gasteiger partial charge in [0.1, 0.15) is 6.04 Å². The van der Waals surface area contributed by atoms with Gasteiger partial charge < -0.3 is 0 Å². The van der Waals surface area contributed by atoms with E-state index in [0.29, 0.717) is 47.2 Å². The van der Waals surface area contributed by atoms with E-state index in [1.54, 1.807) is 42.5 Å². The van der Waals surface area contributed by atoms with Crippen LogP contribution < -0.4 is 4.90 Å². The summed E-state index contributed by atoms with van der Waals surface area (Å²) in [6.45, 7) is 4.55. The first-order chi connectivity index (χ1) is 17.7. The maximum Gasteiger partial charge on any atom is 0.260 e. The fraction of sp³-hybridized carbons (Fsp3) is 0.269. The van der Waals surface area contributed by atoms with Gasteiger partial charge in [0, 0.05) is 29.6 Å². The Balaban J connectivity index is 1.59. The van der Waals surface area contributed by atoms with Gasteiger partial charge in [-0.1, -0.05) is 41.4 Å². The van der Waals surface area contributed by atoms with E-state index >= 15 is 0 Å². The highest BCUT2D eigenvalue weighted by Gasteiger charge is 2.44. The van der Waals surface area contributed by atoms with E-state index in [-0.39, 0.29) is 29.2 Å². The van der Waals surface area contributed by atoms with Crippen molar-refractivity contribution in [2.45, 2.75) is 30.3 Å². The van der Waals surface area contributed by atoms with E-state index in [1.807, 2.05) is 6.08 Å². The molecule has 1 amide bonds. The Bertz CT molecular complexity index is 1500. The number of nitriles is 1. The molecule has 0 N–H and O–H groups in total. The molecule has 3 heterocycles. The van der Waals surface area contributed by atoms with Crippen molar-refractivity contribution in [3.63, 3.8) is 0 Å². The van der Waals surface area contributed by atoms with Gasteiger partial charge in [-0.25, -0.2) is 18.3 Å². The van der Waals surface area contributed by atoms with Crippen molar-refractivity contribution in [3.8, 4) is 6.07 Å². The van der Waals surface area contributed by atoms with Gasteiger partial charge in [0.2, 0.25) is 5.95 Å². The molecular formula is C26H23Cl2N5O3S. The van der Waals surface area contributed by atoms with Gasteiger partial charge in [0.25, 0.3) is 15.9 Å². The minimum absolute atomic E-state index is 0.0397. The molecule has 1 saturated heterocycles. The molecule has 0 bridgehead atoms. The third kappa shape index (κ3) is 4.66. The summed E-state index contributed by atoms with van der Waals surface area (Å²) >= 11 is 12.4. The zero-order valence-corrected chi connectivity index (χ0v) is 22.0. The molecule has 1 atom stereocenters. The molecule has 5 rings (SSSR count). The fourth-order valence-electron chi connectivity index (χ4n) is 4.86. The van der Waals surface area contributed by atoms with E-state index < -0.39 is 16.1 Å². The van der Waals surface area contributed by atoms with Crippen LogP contribution in [0.1, 0.15) is 30.0 Å². The molecule has 1 fully saturated rings. The number of rotatable bonds is 6. The number of sulfonamides is 1. The number of piperidine rings is 1. The molecule has 37 heavy (non-hydrogen) atoms. The number of benzene rings is 2. The molecule has 2 aliphatic heterocycles. The quantitative estimate of drug-likeness (QED) is 0.393. The van der Waals surface area contributed by atoms with Gasteiger partial charge in [-0.3, -0.25) is 9.36 Å². The number of hydrogen-bond donors (Lipinski definition) is 0. The first-order valence-corrected chi connectivity index (χ1v) is 13.9. The standard InChI is InChI=1S/C26H23Cl2N5O3S/c1-2-17-7-9-31(10-8-17)37(35,36)24-16-30-26-32(22-13-20(27)12-21(28)14-22)25(34)23(33(24)26)11-18-3-5-19(15-29)6-4-18/h2-6,12-14,16-17,23H,1,7-11H2. The number of aromatic nitrogens is 2. The molecule has 11 heteroatoms. The minimum atomic E-state index is -3.93. The zero-order chi connectivity index (χ0) is 26.3. The summed E-state index contributed by atoms with van der Waals surface area (Å²) < 4.78 is 30.5. The predicted octanol–water partition coefficient (Wildman–Crippen LogP) is 5.11. The van der Waals surface area contributed by atoms with Crippen LogP contribution in [0.25, 0.3) is 0 Å². The summed E-state index contributed by atoms with van der Waals surface area (Å²) in [7, 11) is -3.93. The van der Waals surface area contributed by atoms with Crippen LogP contribution in [0, 0.1) is 17.2 Å². The van der Waals surface area contributed by atoms with Crippen molar-refractivity contribution in [3.05, 3.63) is 82.5 Å². The van der Waals surface area contributed by atoms with Crippen LogP contribution in [0.4, 0.5) is 11.6 Å². The number of fused-ring (bicyclic) bond motifs is 1. The van der Waals surface area contributed by atoms with Gasteiger partial charge in [0.15, 0.2) is 5.03 Å². The first-order valence-electron chi connectivity index (χ1n) is 11.7. The number of imidazole rings is 1. The molecule has 0 aliphatic carbocycles. The molecule has 3 aromatic rings. The highest BCUT2D eigenvalue weighted by molar-refractivity contribution is 7.89. The number of carbonyl (C=O) groups excluding carboxylic acids is 1. The number of nitrogens with zero attached hydrogens (tertiary/aromatic N) is 5. The molecule has 1 unspecified atom stereocenters. The van der Waals surface area contributed by atoms with Crippen molar-refractivity contribution in [1.82, 2.24) is 13.9 Å². The largest absolute Gasteiger partial charge is 0.286 e. The average Bonchev–Trinajstić information content (AvgIpc) is 3.42. The normalized spacial score (nSPS) is 18.6. The van der Waals surface area contributed by atoms with Crippen LogP contribution in [0.15, 0.2) is 66.3 Å². The molecule has 0 saturated carbocycles. The Hall–Kier alpha value is -3.16. The van der Waals surface area contributed by atoms with Crippen molar-refractivity contribution >= 4 is 50.8 Å². The van der Waals surface area contributed by atoms with Crippen LogP contribution in [0.2, 0.25) is 10.0 Å². The van der Waals surface area contributed by atoms with E-state index in [9.17, 15) is 13.2 Å². The Labute approximate surface area is 225 Å². The third-order valence-electron chi connectivity index (χ3n) is 6.81. The topological polar surface area (TPSA) is 99.3 Å². The first kappa shape index (κ1) is 25.5. The summed E-state index contributed by atoms with van der Waals surface area (Å²) in [6.07, 6.45) is 4.75. The molecule has 0 radical (unpaired) electrons. The zero-order valence-electron chi connectivity index (χ0n) is 19.7. The van der Waals surface area contributed by atoms with Crippen molar-refractivity contribution < 1.29 is 13.2 Å². The monoisotopic (exact) mass is 555 g/mol. The van der Waals surface area contributed by atoms with Crippen LogP contribution in [0.5, 0.6) is 0 Å². The van der Waals surface area contributed by atoms with E-state index in [0.717, 1.165) is 5.56 Å². The summed E-state index contributed by atoms with van der Waals surface area (Å²) in [5, 5.41) is 9.75. The lowest BCUT2D eigenvalue weighted by Crippen LogP contribution is -2.39. The molecule has 1 aromatic heterocycles. The second-order valence-electron chi connectivity index (χ2n) is 9.07. The lowest BCUT2D eigenvalue weighted by atomic mass is 9.99. The Morgan fingerprint density at radius 1 is 1.11 bits per heavy atom. The number of amides is 1. The van der Waals surface area contributed by atoms with Gasteiger partial charge in [-0.15, -0.1) is 6.58 Å². The molecule has 2 aliphatic rings. The SMILES string of the molecule is C=CC1CCN(S(=O)(=O)c2cnc3n2C(Cc2ccc(C#N)cc2)C(=O)N3c2cc(Cl)cc(Cl)c2)CC1. The number of carbonyl (C=O) groups is 1. The van der Waals surface area contributed by atoms with Gasteiger partial charge in [-0.2, -0.15) is 9.57 Å². The number of halogens is 2. The lowest BCUT2D eigenvalue weighted by Gasteiger charge is -2.30. The number of anilines is 2. The van der Waals surface area contributed by atoms with Crippen LogP contribution >= 0.6 is 23.2 Å². The number of allylic oxidation sites excluding steroid dienone is 1. The van der Waals surface area contributed by atoms with Crippen LogP contribution in [0.3, 0.4) is 0 Å². The second kappa shape index (κ2) is 9.95. The molecule has 2 aromatic carbocycles. The van der Waals surface area contributed by atoms with Crippen molar-refractivity contribution in [2.24, 2.45) is 5.92 Å². The molecule has 0 spiro atoms. The summed E-state index contributed by atoms with van der Waals surface area (Å²) in [5.41, 5.74) is 1.66. The Morgan fingerprint density at radius 2 is 1.76 bits per heavy atom. The minimum Gasteiger partial charge on any atom is -0.286 e. The Kier molecular flexibility index (Phi) is 6.86. The lowest BCUT2D eigenvalue weighted by molar-refractivity contribution is -0.119. The van der Waals surface area contributed by atoms with Crippen LogP contribution in [-0.2, 0) is 21.2 Å². The smallest absolute Gasteiger partial charge is 0.260 e. The molecular weight excluding hydrogens is 533 g/mol. The van der Waals surface area contributed by atoms with Gasteiger partial charge in [0.05, 0.1) is 23.5 Å². The molecule has 8 nitrogen and oxygen atoms in total. The predicted molar refractivity (Wildman–Crippen MR) is 141 cm³/mol. The van der Waals surface area contributed by atoms with E-state index in [1.165, 1.54) is 20.0 Å². The average molecular weight is 556 g/mol. The summed E-state index contributed by atoms with van der Waals surface area (Å²) in [4.78, 5) is 19.6. The number of hydrogen-bond acceptors (Lipinski definition) is 5. The fourth-order valence-corrected chi connectivity index (χ4v) is 6.97. The van der Waals surface area contributed by atoms with E-state index in [2.05, 4.69) is 17.6 Å². The maximum atomic E-state index is 13.8. The highest BCUT2D eigenvalue weighted by Crippen LogP contribution is 2.42. The second-order valence-corrected chi connectivity index (χ2v) is 11.8. The van der Waals surface area contributed by atoms with E-state index in [4.69, 9.17) is 28.5 Å². The van der Waals surface area contributed by atoms with Gasteiger partial charge in [-0.05, 0) is 54.7 Å².